The van der Waals surface area contributed by atoms with Gasteiger partial charge in [-0.05, 0) is 29.8 Å². The highest BCUT2D eigenvalue weighted by atomic mass is 16.5. The summed E-state index contributed by atoms with van der Waals surface area (Å²) in [5, 5.41) is 0. The number of carbonyl (C=O) groups is 1. The first-order valence-corrected chi connectivity index (χ1v) is 6.80. The van der Waals surface area contributed by atoms with Crippen LogP contribution in [0.4, 0.5) is 0 Å². The third kappa shape index (κ3) is 4.49. The molecule has 0 saturated heterocycles. The Morgan fingerprint density at radius 1 is 1.14 bits per heavy atom. The minimum absolute atomic E-state index is 0.309. The zero-order valence-corrected chi connectivity index (χ0v) is 12.0. The fourth-order valence-corrected chi connectivity index (χ4v) is 2.01. The van der Waals surface area contributed by atoms with E-state index in [1.807, 2.05) is 54.6 Å². The fraction of sp³-hybridized carbons (Fsp3) is 0.167. The molecular formula is C18H18O3. The Labute approximate surface area is 124 Å². The number of hydrogen-bond acceptors (Lipinski definition) is 3. The third-order valence-corrected chi connectivity index (χ3v) is 2.90. The Bertz CT molecular complexity index is 605. The van der Waals surface area contributed by atoms with E-state index in [1.165, 1.54) is 6.92 Å². The molecule has 3 nitrogen and oxygen atoms in total. The van der Waals surface area contributed by atoms with Crippen molar-refractivity contribution >= 4 is 5.97 Å². The standard InChI is InChI=1S/C18H18O3/c1-3-8-18(20-14(2)19)15-9-7-12-17(13-15)21-16-10-5-4-6-11-16/h3-7,9-13,18H,1,8H2,2H3. The van der Waals surface area contributed by atoms with Crippen LogP contribution in [0.1, 0.15) is 25.0 Å². The molecule has 108 valence electrons. The maximum Gasteiger partial charge on any atom is 0.303 e. The van der Waals surface area contributed by atoms with Crippen molar-refractivity contribution in [2.24, 2.45) is 0 Å². The number of carbonyl (C=O) groups excluding carboxylic acids is 1. The summed E-state index contributed by atoms with van der Waals surface area (Å²) in [6, 6.07) is 17.1. The van der Waals surface area contributed by atoms with E-state index in [-0.39, 0.29) is 12.1 Å². The average Bonchev–Trinajstić information content (AvgIpc) is 2.48. The SMILES string of the molecule is C=CCC(OC(C)=O)c1cccc(Oc2ccccc2)c1. The lowest BCUT2D eigenvalue weighted by Crippen LogP contribution is -2.07. The van der Waals surface area contributed by atoms with Crippen LogP contribution in [-0.2, 0) is 9.53 Å². The lowest BCUT2D eigenvalue weighted by molar-refractivity contribution is -0.146. The third-order valence-electron chi connectivity index (χ3n) is 2.90. The molecule has 0 aliphatic heterocycles. The highest BCUT2D eigenvalue weighted by molar-refractivity contribution is 5.66. The van der Waals surface area contributed by atoms with Crippen molar-refractivity contribution in [1.82, 2.24) is 0 Å². The number of esters is 1. The van der Waals surface area contributed by atoms with E-state index in [9.17, 15) is 4.79 Å². The Morgan fingerprint density at radius 3 is 2.52 bits per heavy atom. The molecule has 2 rings (SSSR count). The normalized spacial score (nSPS) is 11.5. The van der Waals surface area contributed by atoms with Gasteiger partial charge in [-0.25, -0.2) is 0 Å². The van der Waals surface area contributed by atoms with Crippen LogP contribution >= 0.6 is 0 Å². The smallest absolute Gasteiger partial charge is 0.303 e. The number of hydrogen-bond donors (Lipinski definition) is 0. The molecule has 0 spiro atoms. The molecule has 0 radical (unpaired) electrons. The number of para-hydroxylation sites is 1. The van der Waals surface area contributed by atoms with Crippen molar-refractivity contribution in [3.8, 4) is 11.5 Å². The Hall–Kier alpha value is -2.55. The van der Waals surface area contributed by atoms with E-state index in [2.05, 4.69) is 6.58 Å². The highest BCUT2D eigenvalue weighted by Gasteiger charge is 2.14. The molecule has 0 fully saturated rings. The molecular weight excluding hydrogens is 264 g/mol. The van der Waals surface area contributed by atoms with E-state index in [0.717, 1.165) is 11.3 Å². The second kappa shape index (κ2) is 7.29. The first-order valence-electron chi connectivity index (χ1n) is 6.80. The first-order chi connectivity index (χ1) is 10.2. The van der Waals surface area contributed by atoms with Crippen LogP contribution in [0.3, 0.4) is 0 Å². The molecule has 0 bridgehead atoms. The summed E-state index contributed by atoms with van der Waals surface area (Å²) in [6.45, 7) is 5.10. The van der Waals surface area contributed by atoms with Gasteiger partial charge >= 0.3 is 5.97 Å². The predicted molar refractivity (Wildman–Crippen MR) is 82.3 cm³/mol. The Morgan fingerprint density at radius 2 is 1.86 bits per heavy atom. The number of rotatable bonds is 6. The largest absolute Gasteiger partial charge is 0.457 e. The van der Waals surface area contributed by atoms with Crippen LogP contribution in [0.2, 0.25) is 0 Å². The summed E-state index contributed by atoms with van der Waals surface area (Å²) in [6.07, 6.45) is 1.96. The van der Waals surface area contributed by atoms with Crippen molar-refractivity contribution in [3.63, 3.8) is 0 Å². The monoisotopic (exact) mass is 282 g/mol. The maximum absolute atomic E-state index is 11.2. The Balaban J connectivity index is 2.19. The van der Waals surface area contributed by atoms with Gasteiger partial charge in [0.15, 0.2) is 0 Å². The zero-order chi connectivity index (χ0) is 15.1. The molecule has 21 heavy (non-hydrogen) atoms. The minimum Gasteiger partial charge on any atom is -0.457 e. The topological polar surface area (TPSA) is 35.5 Å². The molecule has 0 heterocycles. The molecule has 2 aromatic carbocycles. The van der Waals surface area contributed by atoms with Crippen LogP contribution in [0.25, 0.3) is 0 Å². The predicted octanol–water partition coefficient (Wildman–Crippen LogP) is 4.66. The van der Waals surface area contributed by atoms with Crippen LogP contribution < -0.4 is 4.74 Å². The number of ether oxygens (including phenoxy) is 2. The van der Waals surface area contributed by atoms with Crippen molar-refractivity contribution in [1.29, 1.82) is 0 Å². The van der Waals surface area contributed by atoms with Crippen molar-refractivity contribution in [2.45, 2.75) is 19.4 Å². The maximum atomic E-state index is 11.2. The van der Waals surface area contributed by atoms with Crippen LogP contribution in [-0.4, -0.2) is 5.97 Å². The van der Waals surface area contributed by atoms with Gasteiger partial charge < -0.3 is 9.47 Å². The molecule has 0 aromatic heterocycles. The second-order valence-corrected chi connectivity index (χ2v) is 4.61. The first kappa shape index (κ1) is 14.9. The van der Waals surface area contributed by atoms with Crippen LogP contribution in [0.5, 0.6) is 11.5 Å². The molecule has 1 unspecified atom stereocenters. The molecule has 0 aliphatic rings. The van der Waals surface area contributed by atoms with E-state index in [0.29, 0.717) is 12.2 Å². The van der Waals surface area contributed by atoms with E-state index >= 15 is 0 Å². The summed E-state index contributed by atoms with van der Waals surface area (Å²) in [4.78, 5) is 11.2. The van der Waals surface area contributed by atoms with Gasteiger partial charge in [-0.3, -0.25) is 4.79 Å². The highest BCUT2D eigenvalue weighted by Crippen LogP contribution is 2.28. The summed E-state index contributed by atoms with van der Waals surface area (Å²) < 4.78 is 11.1. The molecule has 0 amide bonds. The van der Waals surface area contributed by atoms with Crippen molar-refractivity contribution in [2.75, 3.05) is 0 Å². The molecule has 1 atom stereocenters. The minimum atomic E-state index is -0.334. The van der Waals surface area contributed by atoms with Gasteiger partial charge in [-0.2, -0.15) is 0 Å². The lowest BCUT2D eigenvalue weighted by atomic mass is 10.1. The Kier molecular flexibility index (Phi) is 5.16. The lowest BCUT2D eigenvalue weighted by Gasteiger charge is -2.16. The second-order valence-electron chi connectivity index (χ2n) is 4.61. The van der Waals surface area contributed by atoms with E-state index in [1.54, 1.807) is 6.08 Å². The molecule has 0 aliphatic carbocycles. The van der Waals surface area contributed by atoms with E-state index in [4.69, 9.17) is 9.47 Å². The molecule has 3 heteroatoms. The van der Waals surface area contributed by atoms with Gasteiger partial charge in [0, 0.05) is 13.3 Å². The van der Waals surface area contributed by atoms with Gasteiger partial charge in [0.25, 0.3) is 0 Å². The van der Waals surface area contributed by atoms with Crippen molar-refractivity contribution < 1.29 is 14.3 Å². The summed E-state index contributed by atoms with van der Waals surface area (Å²) in [7, 11) is 0. The van der Waals surface area contributed by atoms with Gasteiger partial charge in [0.05, 0.1) is 0 Å². The summed E-state index contributed by atoms with van der Waals surface area (Å²) in [5.41, 5.74) is 0.888. The number of benzene rings is 2. The summed E-state index contributed by atoms with van der Waals surface area (Å²) in [5.74, 6) is 1.17. The fourth-order valence-electron chi connectivity index (χ4n) is 2.01. The molecule has 0 N–H and O–H groups in total. The van der Waals surface area contributed by atoms with Gasteiger partial charge in [0.2, 0.25) is 0 Å². The van der Waals surface area contributed by atoms with Gasteiger partial charge in [-0.15, -0.1) is 6.58 Å². The van der Waals surface area contributed by atoms with Crippen LogP contribution in [0.15, 0.2) is 67.3 Å². The molecule has 2 aromatic rings. The average molecular weight is 282 g/mol. The van der Waals surface area contributed by atoms with E-state index < -0.39 is 0 Å². The van der Waals surface area contributed by atoms with Crippen molar-refractivity contribution in [3.05, 3.63) is 72.8 Å². The van der Waals surface area contributed by atoms with Gasteiger partial charge in [0.1, 0.15) is 17.6 Å². The quantitative estimate of drug-likeness (QED) is 0.571. The molecule has 0 saturated carbocycles. The summed E-state index contributed by atoms with van der Waals surface area (Å²) >= 11 is 0. The van der Waals surface area contributed by atoms with Gasteiger partial charge in [-0.1, -0.05) is 36.4 Å². The van der Waals surface area contributed by atoms with Crippen LogP contribution in [0, 0.1) is 0 Å². The zero-order valence-electron chi connectivity index (χ0n) is 12.0.